The maximum atomic E-state index is 11.4. The molecule has 0 saturated carbocycles. The Hall–Kier alpha value is -1.36. The van der Waals surface area contributed by atoms with Crippen LogP contribution in [-0.2, 0) is 0 Å². The summed E-state index contributed by atoms with van der Waals surface area (Å²) in [5, 5.41) is 2.72. The molecule has 0 atom stereocenters. The quantitative estimate of drug-likeness (QED) is 0.813. The molecule has 2 rings (SSSR count). The minimum absolute atomic E-state index is 0.110. The maximum Gasteiger partial charge on any atom is 0.271 e. The van der Waals surface area contributed by atoms with Gasteiger partial charge in [0.25, 0.3) is 5.91 Å². The van der Waals surface area contributed by atoms with E-state index in [9.17, 15) is 4.79 Å². The van der Waals surface area contributed by atoms with Gasteiger partial charge in [0, 0.05) is 23.8 Å². The summed E-state index contributed by atoms with van der Waals surface area (Å²) < 4.78 is 1.88. The van der Waals surface area contributed by atoms with Crippen LogP contribution in [0.5, 0.6) is 0 Å². The number of nitrogens with one attached hydrogen (secondary N) is 1. The summed E-state index contributed by atoms with van der Waals surface area (Å²) in [6, 6.07) is 0. The van der Waals surface area contributed by atoms with E-state index in [0.29, 0.717) is 12.2 Å². The topological polar surface area (TPSA) is 46.4 Å². The van der Waals surface area contributed by atoms with Crippen LogP contribution in [0.4, 0.5) is 0 Å². The molecule has 0 radical (unpaired) electrons. The number of nitrogens with zero attached hydrogens (tertiary/aromatic N) is 2. The lowest BCUT2D eigenvalue weighted by molar-refractivity contribution is 0.0951. The zero-order valence-corrected chi connectivity index (χ0v) is 8.89. The first kappa shape index (κ1) is 9.21. The summed E-state index contributed by atoms with van der Waals surface area (Å²) in [5.41, 5.74) is 0.484. The summed E-state index contributed by atoms with van der Waals surface area (Å²) in [4.78, 5) is 17.7. The molecular weight excluding hydrogens is 198 g/mol. The molecule has 0 aliphatic rings. The molecule has 0 aliphatic carbocycles. The first-order valence-electron chi connectivity index (χ1n) is 4.44. The Bertz CT molecular complexity index is 440. The number of carbonyl (C=O) groups is 1. The van der Waals surface area contributed by atoms with Crippen LogP contribution in [0.2, 0.25) is 0 Å². The van der Waals surface area contributed by atoms with Crippen molar-refractivity contribution in [3.05, 3.63) is 23.0 Å². The number of imidazole rings is 1. The summed E-state index contributed by atoms with van der Waals surface area (Å²) in [6.45, 7) is 4.54. The van der Waals surface area contributed by atoms with Crippen LogP contribution in [0.25, 0.3) is 4.96 Å². The number of hydrogen-bond acceptors (Lipinski definition) is 3. The third-order valence-electron chi connectivity index (χ3n) is 1.84. The van der Waals surface area contributed by atoms with E-state index < -0.39 is 0 Å². The molecule has 2 aromatic heterocycles. The van der Waals surface area contributed by atoms with Gasteiger partial charge >= 0.3 is 0 Å². The number of carbonyl (C=O) groups excluding carboxylic acids is 1. The van der Waals surface area contributed by atoms with Crippen LogP contribution in [-0.4, -0.2) is 21.8 Å². The highest BCUT2D eigenvalue weighted by atomic mass is 32.1. The Morgan fingerprint density at radius 1 is 1.64 bits per heavy atom. The number of fused-ring (bicyclic) bond motifs is 1. The van der Waals surface area contributed by atoms with Gasteiger partial charge in [0.1, 0.15) is 5.69 Å². The van der Waals surface area contributed by atoms with Gasteiger partial charge in [-0.05, 0) is 13.8 Å². The first-order chi connectivity index (χ1) is 6.70. The standard InChI is InChI=1S/C9H11N3OS/c1-3-10-8(13)7-5-12-4-6(2)14-9(12)11-7/h4-5H,3H2,1-2H3,(H,10,13). The molecule has 2 heterocycles. The normalized spacial score (nSPS) is 10.7. The Morgan fingerprint density at radius 3 is 3.07 bits per heavy atom. The van der Waals surface area contributed by atoms with Crippen molar-refractivity contribution in [2.45, 2.75) is 13.8 Å². The Labute approximate surface area is 85.6 Å². The van der Waals surface area contributed by atoms with Gasteiger partial charge in [0.2, 0.25) is 0 Å². The fraction of sp³-hybridized carbons (Fsp3) is 0.333. The Kier molecular flexibility index (Phi) is 2.25. The van der Waals surface area contributed by atoms with Crippen molar-refractivity contribution in [3.8, 4) is 0 Å². The highest BCUT2D eigenvalue weighted by Crippen LogP contribution is 2.16. The highest BCUT2D eigenvalue weighted by molar-refractivity contribution is 7.17. The molecular formula is C9H11N3OS. The van der Waals surface area contributed by atoms with E-state index in [4.69, 9.17) is 0 Å². The summed E-state index contributed by atoms with van der Waals surface area (Å²) in [5.74, 6) is -0.110. The lowest BCUT2D eigenvalue weighted by atomic mass is 10.4. The third-order valence-corrected chi connectivity index (χ3v) is 2.75. The van der Waals surface area contributed by atoms with Crippen molar-refractivity contribution in [2.24, 2.45) is 0 Å². The van der Waals surface area contributed by atoms with E-state index in [1.54, 1.807) is 17.5 Å². The van der Waals surface area contributed by atoms with Gasteiger partial charge < -0.3 is 5.32 Å². The molecule has 2 aromatic rings. The SMILES string of the molecule is CCNC(=O)c1cn2cc(C)sc2n1. The number of rotatable bonds is 2. The van der Waals surface area contributed by atoms with Crippen LogP contribution in [0.3, 0.4) is 0 Å². The Morgan fingerprint density at radius 2 is 2.43 bits per heavy atom. The number of hydrogen-bond donors (Lipinski definition) is 1. The monoisotopic (exact) mass is 209 g/mol. The van der Waals surface area contributed by atoms with Crippen molar-refractivity contribution in [2.75, 3.05) is 6.54 Å². The molecule has 0 bridgehead atoms. The fourth-order valence-electron chi connectivity index (χ4n) is 1.27. The molecule has 14 heavy (non-hydrogen) atoms. The average Bonchev–Trinajstić information content (AvgIpc) is 2.61. The van der Waals surface area contributed by atoms with E-state index in [1.807, 2.05) is 24.4 Å². The molecule has 0 unspecified atom stereocenters. The predicted octanol–water partition coefficient (Wildman–Crippen LogP) is 1.45. The second-order valence-electron chi connectivity index (χ2n) is 3.02. The molecule has 0 aliphatic heterocycles. The lowest BCUT2D eigenvalue weighted by Crippen LogP contribution is -2.22. The zero-order valence-electron chi connectivity index (χ0n) is 8.07. The third kappa shape index (κ3) is 1.50. The van der Waals surface area contributed by atoms with Crippen LogP contribution >= 0.6 is 11.3 Å². The average molecular weight is 209 g/mol. The van der Waals surface area contributed by atoms with E-state index in [2.05, 4.69) is 10.3 Å². The smallest absolute Gasteiger partial charge is 0.271 e. The number of aromatic nitrogens is 2. The van der Waals surface area contributed by atoms with Crippen molar-refractivity contribution in [1.29, 1.82) is 0 Å². The molecule has 1 N–H and O–H groups in total. The number of amides is 1. The fourth-order valence-corrected chi connectivity index (χ4v) is 2.08. The van der Waals surface area contributed by atoms with Crippen molar-refractivity contribution < 1.29 is 4.79 Å². The summed E-state index contributed by atoms with van der Waals surface area (Å²) in [6.07, 6.45) is 3.72. The first-order valence-corrected chi connectivity index (χ1v) is 5.25. The summed E-state index contributed by atoms with van der Waals surface area (Å²) >= 11 is 1.58. The van der Waals surface area contributed by atoms with Crippen molar-refractivity contribution >= 4 is 22.2 Å². The van der Waals surface area contributed by atoms with Crippen LogP contribution in [0, 0.1) is 6.92 Å². The van der Waals surface area contributed by atoms with Crippen LogP contribution in [0.1, 0.15) is 22.3 Å². The lowest BCUT2D eigenvalue weighted by Gasteiger charge is -1.95. The van der Waals surface area contributed by atoms with Gasteiger partial charge in [-0.3, -0.25) is 9.20 Å². The molecule has 0 saturated heterocycles. The molecule has 74 valence electrons. The minimum atomic E-state index is -0.110. The minimum Gasteiger partial charge on any atom is -0.351 e. The molecule has 0 fully saturated rings. The maximum absolute atomic E-state index is 11.4. The molecule has 0 aromatic carbocycles. The predicted molar refractivity (Wildman–Crippen MR) is 55.8 cm³/mol. The number of aryl methyl sites for hydroxylation is 1. The number of thiazole rings is 1. The van der Waals surface area contributed by atoms with Gasteiger partial charge in [0.15, 0.2) is 4.96 Å². The molecule has 5 heteroatoms. The van der Waals surface area contributed by atoms with Crippen LogP contribution < -0.4 is 5.32 Å². The van der Waals surface area contributed by atoms with Gasteiger partial charge in [-0.1, -0.05) is 0 Å². The molecule has 4 nitrogen and oxygen atoms in total. The van der Waals surface area contributed by atoms with Gasteiger partial charge in [-0.25, -0.2) is 4.98 Å². The van der Waals surface area contributed by atoms with E-state index in [-0.39, 0.29) is 5.91 Å². The van der Waals surface area contributed by atoms with E-state index in [1.165, 1.54) is 4.88 Å². The summed E-state index contributed by atoms with van der Waals surface area (Å²) in [7, 11) is 0. The highest BCUT2D eigenvalue weighted by Gasteiger charge is 2.10. The second-order valence-corrected chi connectivity index (χ2v) is 4.23. The molecule has 1 amide bonds. The van der Waals surface area contributed by atoms with Gasteiger partial charge in [-0.2, -0.15) is 0 Å². The molecule has 0 spiro atoms. The van der Waals surface area contributed by atoms with Gasteiger partial charge in [-0.15, -0.1) is 11.3 Å². The second kappa shape index (κ2) is 3.42. The van der Waals surface area contributed by atoms with Crippen molar-refractivity contribution in [3.63, 3.8) is 0 Å². The largest absolute Gasteiger partial charge is 0.351 e. The van der Waals surface area contributed by atoms with Crippen LogP contribution in [0.15, 0.2) is 12.4 Å². The zero-order chi connectivity index (χ0) is 10.1. The van der Waals surface area contributed by atoms with Crippen molar-refractivity contribution in [1.82, 2.24) is 14.7 Å². The van der Waals surface area contributed by atoms with Gasteiger partial charge in [0.05, 0.1) is 0 Å². The van der Waals surface area contributed by atoms with E-state index in [0.717, 1.165) is 4.96 Å². The van der Waals surface area contributed by atoms with E-state index >= 15 is 0 Å². The Balaban J connectivity index is 2.36.